The average Bonchev–Trinajstić information content (AvgIpc) is 2.41. The number of anilines is 1. The summed E-state index contributed by atoms with van der Waals surface area (Å²) in [6.07, 6.45) is 0. The maximum absolute atomic E-state index is 12.2. The van der Waals surface area contributed by atoms with Crippen molar-refractivity contribution in [3.8, 4) is 5.75 Å². The molecule has 2 aromatic rings. The smallest absolute Gasteiger partial charge is 0.262 e. The normalized spacial score (nSPS) is 11.1. The zero-order valence-corrected chi connectivity index (χ0v) is 11.3. The Morgan fingerprint density at radius 3 is 2.42 bits per heavy atom. The molecular formula is C14H14NO3S. The van der Waals surface area contributed by atoms with Crippen LogP contribution in [0.25, 0.3) is 0 Å². The second-order valence-corrected chi connectivity index (χ2v) is 5.66. The van der Waals surface area contributed by atoms with E-state index in [1.54, 1.807) is 36.4 Å². The fourth-order valence-electron chi connectivity index (χ4n) is 1.56. The van der Waals surface area contributed by atoms with E-state index in [1.165, 1.54) is 19.2 Å². The number of hydrogen-bond acceptors (Lipinski definition) is 3. The molecule has 0 heterocycles. The lowest BCUT2D eigenvalue weighted by molar-refractivity contribution is 0.413. The molecule has 0 fully saturated rings. The monoisotopic (exact) mass is 276 g/mol. The van der Waals surface area contributed by atoms with Gasteiger partial charge >= 0.3 is 0 Å². The lowest BCUT2D eigenvalue weighted by Gasteiger charge is -2.09. The molecule has 0 saturated carbocycles. The van der Waals surface area contributed by atoms with Gasteiger partial charge in [-0.3, -0.25) is 4.72 Å². The minimum absolute atomic E-state index is 0.158. The summed E-state index contributed by atoms with van der Waals surface area (Å²) in [4.78, 5) is 0.158. The van der Waals surface area contributed by atoms with E-state index in [9.17, 15) is 8.42 Å². The van der Waals surface area contributed by atoms with Crippen molar-refractivity contribution in [3.63, 3.8) is 0 Å². The molecule has 0 atom stereocenters. The van der Waals surface area contributed by atoms with Crippen molar-refractivity contribution in [2.45, 2.75) is 4.90 Å². The lowest BCUT2D eigenvalue weighted by atomic mass is 10.2. The van der Waals surface area contributed by atoms with Gasteiger partial charge in [0, 0.05) is 11.8 Å². The summed E-state index contributed by atoms with van der Waals surface area (Å²) >= 11 is 0. The van der Waals surface area contributed by atoms with Crippen LogP contribution >= 0.6 is 0 Å². The summed E-state index contributed by atoms with van der Waals surface area (Å²) in [5.74, 6) is 0.496. The first-order chi connectivity index (χ1) is 9.01. The van der Waals surface area contributed by atoms with Gasteiger partial charge in [-0.2, -0.15) is 0 Å². The molecule has 0 aliphatic carbocycles. The second kappa shape index (κ2) is 5.32. The molecule has 0 aliphatic heterocycles. The van der Waals surface area contributed by atoms with Crippen molar-refractivity contribution in [3.05, 3.63) is 61.0 Å². The molecule has 5 heteroatoms. The Balaban J connectivity index is 2.29. The van der Waals surface area contributed by atoms with Crippen molar-refractivity contribution in [2.75, 3.05) is 11.8 Å². The Morgan fingerprint density at radius 2 is 1.79 bits per heavy atom. The van der Waals surface area contributed by atoms with Crippen molar-refractivity contribution in [2.24, 2.45) is 0 Å². The third kappa shape index (κ3) is 3.26. The molecule has 0 spiro atoms. The molecule has 0 amide bonds. The van der Waals surface area contributed by atoms with Crippen LogP contribution in [0.1, 0.15) is 5.56 Å². The summed E-state index contributed by atoms with van der Waals surface area (Å²) in [5, 5.41) is 0. The van der Waals surface area contributed by atoms with Crippen LogP contribution in [0.4, 0.5) is 5.69 Å². The molecular weight excluding hydrogens is 262 g/mol. The highest BCUT2D eigenvalue weighted by molar-refractivity contribution is 7.92. The molecule has 0 saturated heterocycles. The van der Waals surface area contributed by atoms with Crippen LogP contribution < -0.4 is 9.46 Å². The van der Waals surface area contributed by atoms with E-state index >= 15 is 0 Å². The van der Waals surface area contributed by atoms with E-state index in [-0.39, 0.29) is 4.90 Å². The van der Waals surface area contributed by atoms with Crippen LogP contribution in [-0.2, 0) is 10.0 Å². The molecule has 99 valence electrons. The molecule has 2 aromatic carbocycles. The highest BCUT2D eigenvalue weighted by Gasteiger charge is 2.14. The van der Waals surface area contributed by atoms with Gasteiger partial charge in [-0.05, 0) is 36.8 Å². The van der Waals surface area contributed by atoms with Gasteiger partial charge in [-0.25, -0.2) is 8.42 Å². The number of methoxy groups -OCH3 is 1. The minimum atomic E-state index is -3.61. The van der Waals surface area contributed by atoms with Crippen molar-refractivity contribution in [1.82, 2.24) is 0 Å². The van der Waals surface area contributed by atoms with Gasteiger partial charge in [0.15, 0.2) is 0 Å². The summed E-state index contributed by atoms with van der Waals surface area (Å²) in [5.41, 5.74) is 1.32. The van der Waals surface area contributed by atoms with Crippen LogP contribution in [0.2, 0.25) is 0 Å². The van der Waals surface area contributed by atoms with Gasteiger partial charge in [-0.15, -0.1) is 0 Å². The SMILES string of the molecule is [CH2]c1ccc(NS(=O)(=O)c2cccc(OC)c2)cc1. The topological polar surface area (TPSA) is 55.4 Å². The fourth-order valence-corrected chi connectivity index (χ4v) is 2.65. The molecule has 0 aromatic heterocycles. The van der Waals surface area contributed by atoms with Crippen LogP contribution in [0.15, 0.2) is 53.4 Å². The van der Waals surface area contributed by atoms with E-state index in [0.29, 0.717) is 11.4 Å². The molecule has 2 rings (SSSR count). The maximum Gasteiger partial charge on any atom is 0.262 e. The zero-order chi connectivity index (χ0) is 13.9. The summed E-state index contributed by atoms with van der Waals surface area (Å²) in [6, 6.07) is 13.1. The van der Waals surface area contributed by atoms with Gasteiger partial charge in [0.1, 0.15) is 5.75 Å². The number of ether oxygens (including phenoxy) is 1. The molecule has 19 heavy (non-hydrogen) atoms. The quantitative estimate of drug-likeness (QED) is 0.934. The fraction of sp³-hybridized carbons (Fsp3) is 0.0714. The molecule has 0 bridgehead atoms. The third-order valence-corrected chi connectivity index (χ3v) is 3.94. The number of nitrogens with one attached hydrogen (secondary N) is 1. The van der Waals surface area contributed by atoms with Crippen LogP contribution in [0, 0.1) is 6.92 Å². The van der Waals surface area contributed by atoms with Gasteiger partial charge in [-0.1, -0.05) is 18.2 Å². The first-order valence-electron chi connectivity index (χ1n) is 5.60. The lowest BCUT2D eigenvalue weighted by Crippen LogP contribution is -2.12. The van der Waals surface area contributed by atoms with Gasteiger partial charge in [0.05, 0.1) is 12.0 Å². The molecule has 1 radical (unpaired) electrons. The van der Waals surface area contributed by atoms with Crippen molar-refractivity contribution < 1.29 is 13.2 Å². The van der Waals surface area contributed by atoms with Gasteiger partial charge in [0.2, 0.25) is 0 Å². The average molecular weight is 276 g/mol. The van der Waals surface area contributed by atoms with Gasteiger partial charge in [0.25, 0.3) is 10.0 Å². The summed E-state index contributed by atoms with van der Waals surface area (Å²) < 4.78 is 31.9. The highest BCUT2D eigenvalue weighted by Crippen LogP contribution is 2.20. The maximum atomic E-state index is 12.2. The third-order valence-electron chi connectivity index (χ3n) is 2.56. The standard InChI is InChI=1S/C14H14NO3S/c1-11-6-8-12(9-7-11)15-19(16,17)14-5-3-4-13(10-14)18-2/h3-10,15H,1H2,2H3. The Bertz CT molecular complexity index is 663. The predicted octanol–water partition coefficient (Wildman–Crippen LogP) is 2.68. The molecule has 4 nitrogen and oxygen atoms in total. The van der Waals surface area contributed by atoms with Crippen molar-refractivity contribution in [1.29, 1.82) is 0 Å². The van der Waals surface area contributed by atoms with E-state index in [1.807, 2.05) is 0 Å². The van der Waals surface area contributed by atoms with Crippen LogP contribution in [-0.4, -0.2) is 15.5 Å². The number of sulfonamides is 1. The Labute approximate surface area is 113 Å². The Hall–Kier alpha value is -2.01. The van der Waals surface area contributed by atoms with Crippen LogP contribution in [0.5, 0.6) is 5.75 Å². The molecule has 0 aliphatic rings. The van der Waals surface area contributed by atoms with E-state index < -0.39 is 10.0 Å². The van der Waals surface area contributed by atoms with Crippen LogP contribution in [0.3, 0.4) is 0 Å². The second-order valence-electron chi connectivity index (χ2n) is 3.98. The van der Waals surface area contributed by atoms with E-state index in [0.717, 1.165) is 5.56 Å². The minimum Gasteiger partial charge on any atom is -0.497 e. The number of benzene rings is 2. The largest absolute Gasteiger partial charge is 0.497 e. The van der Waals surface area contributed by atoms with Crippen molar-refractivity contribution >= 4 is 15.7 Å². The Morgan fingerprint density at radius 1 is 1.11 bits per heavy atom. The van der Waals surface area contributed by atoms with Gasteiger partial charge < -0.3 is 4.74 Å². The summed E-state index contributed by atoms with van der Waals surface area (Å²) in [7, 11) is -2.12. The zero-order valence-electron chi connectivity index (χ0n) is 10.5. The van der Waals surface area contributed by atoms with E-state index in [2.05, 4.69) is 11.6 Å². The Kier molecular flexibility index (Phi) is 3.76. The highest BCUT2D eigenvalue weighted by atomic mass is 32.2. The first kappa shape index (κ1) is 13.4. The molecule has 0 unspecified atom stereocenters. The first-order valence-corrected chi connectivity index (χ1v) is 7.08. The molecule has 1 N–H and O–H groups in total. The summed E-state index contributed by atoms with van der Waals surface area (Å²) in [6.45, 7) is 3.75. The number of hydrogen-bond donors (Lipinski definition) is 1. The van der Waals surface area contributed by atoms with E-state index in [4.69, 9.17) is 4.74 Å². The number of rotatable bonds is 4. The predicted molar refractivity (Wildman–Crippen MR) is 74.7 cm³/mol.